The van der Waals surface area contributed by atoms with Crippen molar-refractivity contribution in [3.05, 3.63) is 205 Å². The SMILES string of the molecule is c1ccc(C2=NC(c3ccc4c(c3)oc3cccc(-c5ccc6c7ccccc7c7ccccc7c6c5)c34)N=C(c3cccc(-c4ccccc4)c3)N2)cc1. The second-order valence-electron chi connectivity index (χ2n) is 14.2. The van der Waals surface area contributed by atoms with Crippen molar-refractivity contribution >= 4 is 65.9 Å². The molecule has 0 aliphatic carbocycles. The van der Waals surface area contributed by atoms with E-state index >= 15 is 0 Å². The number of hydrogen-bond acceptors (Lipinski definition) is 4. The van der Waals surface area contributed by atoms with Crippen LogP contribution < -0.4 is 5.32 Å². The first-order valence-corrected chi connectivity index (χ1v) is 18.7. The topological polar surface area (TPSA) is 49.9 Å². The molecule has 0 fully saturated rings. The first-order chi connectivity index (χ1) is 27.2. The number of benzene rings is 9. The largest absolute Gasteiger partial charge is 0.456 e. The molecule has 1 aliphatic heterocycles. The Balaban J connectivity index is 1.03. The Morgan fingerprint density at radius 2 is 0.927 bits per heavy atom. The molecule has 1 atom stereocenters. The molecule has 1 aromatic heterocycles. The van der Waals surface area contributed by atoms with E-state index < -0.39 is 6.17 Å². The van der Waals surface area contributed by atoms with Crippen LogP contribution in [0.25, 0.3) is 76.5 Å². The van der Waals surface area contributed by atoms with Gasteiger partial charge in [-0.2, -0.15) is 0 Å². The van der Waals surface area contributed by atoms with Crippen molar-refractivity contribution < 1.29 is 4.42 Å². The highest BCUT2D eigenvalue weighted by Gasteiger charge is 2.23. The van der Waals surface area contributed by atoms with Crippen molar-refractivity contribution in [2.45, 2.75) is 6.17 Å². The molecule has 0 saturated heterocycles. The van der Waals surface area contributed by atoms with Crippen LogP contribution in [-0.2, 0) is 0 Å². The molecule has 2 heterocycles. The van der Waals surface area contributed by atoms with Gasteiger partial charge in [-0.05, 0) is 78.8 Å². The lowest BCUT2D eigenvalue weighted by atomic mass is 9.91. The second kappa shape index (κ2) is 12.7. The highest BCUT2D eigenvalue weighted by Crippen LogP contribution is 2.41. The molecule has 10 aromatic rings. The number of amidine groups is 2. The molecule has 258 valence electrons. The third kappa shape index (κ3) is 5.30. The number of aliphatic imine (C=N–C) groups is 2. The maximum atomic E-state index is 6.64. The minimum atomic E-state index is -0.465. The van der Waals surface area contributed by atoms with Gasteiger partial charge in [0.25, 0.3) is 0 Å². The fraction of sp³-hybridized carbons (Fsp3) is 0.0196. The molecule has 0 amide bonds. The van der Waals surface area contributed by atoms with Gasteiger partial charge in [0.1, 0.15) is 22.8 Å². The minimum absolute atomic E-state index is 0.465. The molecule has 0 spiro atoms. The van der Waals surface area contributed by atoms with Crippen molar-refractivity contribution in [2.24, 2.45) is 9.98 Å². The Morgan fingerprint density at radius 3 is 1.65 bits per heavy atom. The van der Waals surface area contributed by atoms with Gasteiger partial charge in [0.15, 0.2) is 6.17 Å². The molecule has 9 aromatic carbocycles. The summed E-state index contributed by atoms with van der Waals surface area (Å²) in [6, 6.07) is 66.3. The average molecular weight is 704 g/mol. The molecule has 1 aliphatic rings. The van der Waals surface area contributed by atoms with Gasteiger partial charge in [0.2, 0.25) is 0 Å². The Hall–Kier alpha value is -7.30. The number of nitrogens with zero attached hydrogens (tertiary/aromatic N) is 2. The van der Waals surface area contributed by atoms with Crippen molar-refractivity contribution in [2.75, 3.05) is 0 Å². The molecule has 55 heavy (non-hydrogen) atoms. The van der Waals surface area contributed by atoms with Gasteiger partial charge < -0.3 is 9.73 Å². The fourth-order valence-corrected chi connectivity index (χ4v) is 8.28. The molecule has 4 heteroatoms. The first kappa shape index (κ1) is 31.2. The van der Waals surface area contributed by atoms with Crippen LogP contribution in [0.1, 0.15) is 22.9 Å². The highest BCUT2D eigenvalue weighted by molar-refractivity contribution is 6.26. The van der Waals surface area contributed by atoms with Gasteiger partial charge in [0, 0.05) is 27.5 Å². The van der Waals surface area contributed by atoms with Crippen molar-refractivity contribution in [3.63, 3.8) is 0 Å². The van der Waals surface area contributed by atoms with Crippen LogP contribution in [0.2, 0.25) is 0 Å². The number of furan rings is 1. The van der Waals surface area contributed by atoms with Crippen molar-refractivity contribution in [1.29, 1.82) is 0 Å². The zero-order valence-corrected chi connectivity index (χ0v) is 29.8. The van der Waals surface area contributed by atoms with E-state index in [1.54, 1.807) is 0 Å². The average Bonchev–Trinajstić information content (AvgIpc) is 3.65. The van der Waals surface area contributed by atoms with E-state index in [1.807, 2.05) is 24.3 Å². The summed E-state index contributed by atoms with van der Waals surface area (Å²) >= 11 is 0. The molecule has 4 nitrogen and oxygen atoms in total. The zero-order valence-electron chi connectivity index (χ0n) is 29.8. The summed E-state index contributed by atoms with van der Waals surface area (Å²) in [6.07, 6.45) is -0.465. The Labute approximate surface area is 317 Å². The maximum absolute atomic E-state index is 6.64. The van der Waals surface area contributed by atoms with Gasteiger partial charge in [0.05, 0.1) is 0 Å². The van der Waals surface area contributed by atoms with Crippen LogP contribution >= 0.6 is 0 Å². The summed E-state index contributed by atoms with van der Waals surface area (Å²) in [4.78, 5) is 10.4. The lowest BCUT2D eigenvalue weighted by molar-refractivity contribution is 0.665. The van der Waals surface area contributed by atoms with E-state index in [1.165, 1.54) is 32.3 Å². The molecule has 1 N–H and O–H groups in total. The monoisotopic (exact) mass is 703 g/mol. The Morgan fingerprint density at radius 1 is 0.364 bits per heavy atom. The van der Waals surface area contributed by atoms with Gasteiger partial charge >= 0.3 is 0 Å². The third-order valence-corrected chi connectivity index (χ3v) is 10.9. The van der Waals surface area contributed by atoms with Crippen LogP contribution in [0.4, 0.5) is 0 Å². The van der Waals surface area contributed by atoms with Gasteiger partial charge in [-0.15, -0.1) is 0 Å². The number of rotatable bonds is 5. The summed E-state index contributed by atoms with van der Waals surface area (Å²) in [5, 5.41) is 13.3. The normalized spacial score (nSPS) is 14.4. The van der Waals surface area contributed by atoms with Gasteiger partial charge in [-0.25, -0.2) is 9.98 Å². The molecule has 0 radical (unpaired) electrons. The lowest BCUT2D eigenvalue weighted by Crippen LogP contribution is -2.36. The highest BCUT2D eigenvalue weighted by atomic mass is 16.3. The summed E-state index contributed by atoms with van der Waals surface area (Å²) < 4.78 is 6.64. The van der Waals surface area contributed by atoms with E-state index in [2.05, 4.69) is 169 Å². The van der Waals surface area contributed by atoms with E-state index in [-0.39, 0.29) is 0 Å². The lowest BCUT2D eigenvalue weighted by Gasteiger charge is -2.22. The Kier molecular flexibility index (Phi) is 7.20. The van der Waals surface area contributed by atoms with Crippen molar-refractivity contribution in [1.82, 2.24) is 5.32 Å². The fourth-order valence-electron chi connectivity index (χ4n) is 8.28. The maximum Gasteiger partial charge on any atom is 0.169 e. The minimum Gasteiger partial charge on any atom is -0.456 e. The predicted molar refractivity (Wildman–Crippen MR) is 229 cm³/mol. The van der Waals surface area contributed by atoms with Crippen LogP contribution in [0.5, 0.6) is 0 Å². The molecule has 11 rings (SSSR count). The quantitative estimate of drug-likeness (QED) is 0.181. The van der Waals surface area contributed by atoms with Crippen LogP contribution in [0.3, 0.4) is 0 Å². The zero-order chi connectivity index (χ0) is 36.3. The third-order valence-electron chi connectivity index (χ3n) is 10.9. The predicted octanol–water partition coefficient (Wildman–Crippen LogP) is 12.9. The van der Waals surface area contributed by atoms with E-state index in [0.717, 1.165) is 72.6 Å². The molecule has 0 bridgehead atoms. The van der Waals surface area contributed by atoms with Crippen LogP contribution in [-0.4, -0.2) is 11.7 Å². The number of fused-ring (bicyclic) bond motifs is 9. The van der Waals surface area contributed by atoms with Gasteiger partial charge in [-0.1, -0.05) is 164 Å². The second-order valence-corrected chi connectivity index (χ2v) is 14.2. The van der Waals surface area contributed by atoms with Crippen LogP contribution in [0.15, 0.2) is 202 Å². The standard InChI is InChI=1S/C51H33N3O/c1-3-13-32(14-4-1)34-17-11-18-36(29-34)50-52-49(33-15-5-2-6-16-33)53-51(54-50)37-26-28-44-47(31-37)55-46-24-12-23-38(48(44)46)35-25-27-43-41-21-8-7-19-39(41)40-20-9-10-22-42(40)45(43)30-35/h1-31,51H,(H,52,53,54). The summed E-state index contributed by atoms with van der Waals surface area (Å²) in [5.41, 5.74) is 9.24. The van der Waals surface area contributed by atoms with Gasteiger partial charge in [-0.3, -0.25) is 0 Å². The van der Waals surface area contributed by atoms with Crippen LogP contribution in [0, 0.1) is 0 Å². The molecular formula is C51H33N3O. The summed E-state index contributed by atoms with van der Waals surface area (Å²) in [7, 11) is 0. The molecule has 0 saturated carbocycles. The molecular weight excluding hydrogens is 671 g/mol. The molecule has 1 unspecified atom stereocenters. The summed E-state index contributed by atoms with van der Waals surface area (Å²) in [6.45, 7) is 0. The van der Waals surface area contributed by atoms with E-state index in [4.69, 9.17) is 14.4 Å². The summed E-state index contributed by atoms with van der Waals surface area (Å²) in [5.74, 6) is 1.56. The first-order valence-electron chi connectivity index (χ1n) is 18.7. The Bertz CT molecular complexity index is 3140. The number of hydrogen-bond donors (Lipinski definition) is 1. The smallest absolute Gasteiger partial charge is 0.169 e. The van der Waals surface area contributed by atoms with Crippen molar-refractivity contribution in [3.8, 4) is 22.3 Å². The van der Waals surface area contributed by atoms with E-state index in [9.17, 15) is 0 Å². The van der Waals surface area contributed by atoms with E-state index in [0.29, 0.717) is 0 Å². The number of nitrogens with one attached hydrogen (secondary N) is 1.